The number of benzene rings is 1. The van der Waals surface area contributed by atoms with Crippen molar-refractivity contribution in [2.45, 2.75) is 44.3 Å². The Morgan fingerprint density at radius 2 is 1.86 bits per heavy atom. The molecule has 5 nitrogen and oxygen atoms in total. The molecule has 5 rings (SSSR count). The summed E-state index contributed by atoms with van der Waals surface area (Å²) in [4.78, 5) is 22.0. The number of fused-ring (bicyclic) bond motifs is 3. The van der Waals surface area contributed by atoms with Gasteiger partial charge in [-0.05, 0) is 42.2 Å². The number of pyridine rings is 1. The molecule has 146 valence electrons. The molecule has 1 aromatic carbocycles. The van der Waals surface area contributed by atoms with Crippen molar-refractivity contribution in [3.63, 3.8) is 0 Å². The van der Waals surface area contributed by atoms with Crippen molar-refractivity contribution in [2.24, 2.45) is 0 Å². The number of carbonyl (C=O) groups excluding carboxylic acids is 1. The Morgan fingerprint density at radius 3 is 2.61 bits per heavy atom. The van der Waals surface area contributed by atoms with Gasteiger partial charge in [-0.2, -0.15) is 0 Å². The quantitative estimate of drug-likeness (QED) is 0.888. The molecule has 2 aromatic rings. The third-order valence-corrected chi connectivity index (χ3v) is 6.30. The zero-order valence-electron chi connectivity index (χ0n) is 15.9. The molecule has 2 bridgehead atoms. The molecule has 2 atom stereocenters. The minimum absolute atomic E-state index is 0.0847. The fourth-order valence-corrected chi connectivity index (χ4v) is 4.80. The van der Waals surface area contributed by atoms with Crippen LogP contribution in [0.3, 0.4) is 0 Å². The Balaban J connectivity index is 1.28. The lowest BCUT2D eigenvalue weighted by Gasteiger charge is -2.37. The predicted octanol–water partition coefficient (Wildman–Crippen LogP) is 2.29. The normalized spacial score (nSPS) is 23.6. The van der Waals surface area contributed by atoms with Gasteiger partial charge in [0, 0.05) is 50.4 Å². The number of hydrogen-bond donors (Lipinski definition) is 1. The van der Waals surface area contributed by atoms with Crippen molar-refractivity contribution in [1.29, 1.82) is 0 Å². The Morgan fingerprint density at radius 1 is 1.11 bits per heavy atom. The van der Waals surface area contributed by atoms with Crippen LogP contribution in [0.1, 0.15) is 29.7 Å². The molecule has 3 aliphatic rings. The second kappa shape index (κ2) is 7.17. The second-order valence-electron chi connectivity index (χ2n) is 8.09. The van der Waals surface area contributed by atoms with Gasteiger partial charge in [0.1, 0.15) is 11.6 Å². The summed E-state index contributed by atoms with van der Waals surface area (Å²) in [6.07, 6.45) is 3.58. The molecule has 3 aliphatic heterocycles. The average molecular weight is 380 g/mol. The summed E-state index contributed by atoms with van der Waals surface area (Å²) in [5, 5.41) is 3.52. The van der Waals surface area contributed by atoms with E-state index >= 15 is 0 Å². The summed E-state index contributed by atoms with van der Waals surface area (Å²) in [5.74, 6) is 0.906. The van der Waals surface area contributed by atoms with Crippen LogP contribution in [0.5, 0.6) is 0 Å². The zero-order valence-corrected chi connectivity index (χ0v) is 15.9. The maximum absolute atomic E-state index is 13.1. The van der Waals surface area contributed by atoms with Gasteiger partial charge in [0.05, 0.1) is 6.42 Å². The Kier molecular flexibility index (Phi) is 4.51. The summed E-state index contributed by atoms with van der Waals surface area (Å²) in [6.45, 7) is 3.39. The molecule has 1 aromatic heterocycles. The topological polar surface area (TPSA) is 48.5 Å². The molecule has 0 radical (unpaired) electrons. The molecule has 2 fully saturated rings. The maximum Gasteiger partial charge on any atom is 0.227 e. The lowest BCUT2D eigenvalue weighted by molar-refractivity contribution is -0.131. The number of halogens is 1. The molecule has 0 saturated carbocycles. The van der Waals surface area contributed by atoms with Crippen LogP contribution in [0.25, 0.3) is 0 Å². The fourth-order valence-electron chi connectivity index (χ4n) is 4.80. The van der Waals surface area contributed by atoms with Crippen molar-refractivity contribution < 1.29 is 9.18 Å². The van der Waals surface area contributed by atoms with Gasteiger partial charge >= 0.3 is 0 Å². The molecule has 1 amide bonds. The van der Waals surface area contributed by atoms with Gasteiger partial charge < -0.3 is 15.1 Å². The first-order chi connectivity index (χ1) is 13.7. The Bertz CT molecular complexity index is 869. The van der Waals surface area contributed by atoms with Crippen LogP contribution >= 0.6 is 0 Å². The van der Waals surface area contributed by atoms with Crippen LogP contribution in [-0.4, -0.2) is 47.5 Å². The smallest absolute Gasteiger partial charge is 0.227 e. The Hall–Kier alpha value is -2.47. The van der Waals surface area contributed by atoms with E-state index in [9.17, 15) is 9.18 Å². The summed E-state index contributed by atoms with van der Waals surface area (Å²) in [5.41, 5.74) is 3.12. The van der Waals surface area contributed by atoms with E-state index in [1.54, 1.807) is 12.1 Å². The van der Waals surface area contributed by atoms with E-state index in [2.05, 4.69) is 22.3 Å². The molecule has 0 aliphatic carbocycles. The zero-order chi connectivity index (χ0) is 19.1. The number of nitrogens with one attached hydrogen (secondary N) is 1. The maximum atomic E-state index is 13.1. The molecule has 28 heavy (non-hydrogen) atoms. The summed E-state index contributed by atoms with van der Waals surface area (Å²) < 4.78 is 13.1. The monoisotopic (exact) mass is 380 g/mol. The molecule has 4 heterocycles. The van der Waals surface area contributed by atoms with Gasteiger partial charge in [-0.3, -0.25) is 4.79 Å². The van der Waals surface area contributed by atoms with Crippen molar-refractivity contribution in [3.05, 3.63) is 59.0 Å². The van der Waals surface area contributed by atoms with E-state index in [-0.39, 0.29) is 11.7 Å². The SMILES string of the molecule is O=C(Cc1ccc(F)cc1)N1CCc2nc(N3C4CCC3CNC4)ccc2C1. The van der Waals surface area contributed by atoms with E-state index in [0.717, 1.165) is 42.1 Å². The van der Waals surface area contributed by atoms with Crippen LogP contribution in [0.4, 0.5) is 10.2 Å². The third kappa shape index (κ3) is 3.26. The number of piperazine rings is 1. The van der Waals surface area contributed by atoms with Crippen LogP contribution in [-0.2, 0) is 24.2 Å². The second-order valence-corrected chi connectivity index (χ2v) is 8.09. The minimum Gasteiger partial charge on any atom is -0.348 e. The molecule has 1 N–H and O–H groups in total. The van der Waals surface area contributed by atoms with Crippen LogP contribution in [0.2, 0.25) is 0 Å². The number of hydrogen-bond acceptors (Lipinski definition) is 4. The van der Waals surface area contributed by atoms with E-state index in [0.29, 0.717) is 31.6 Å². The van der Waals surface area contributed by atoms with Gasteiger partial charge in [0.15, 0.2) is 0 Å². The number of amides is 1. The van der Waals surface area contributed by atoms with Crippen molar-refractivity contribution in [1.82, 2.24) is 15.2 Å². The van der Waals surface area contributed by atoms with Crippen LogP contribution in [0.15, 0.2) is 36.4 Å². The van der Waals surface area contributed by atoms with Crippen molar-refractivity contribution in [2.75, 3.05) is 24.5 Å². The minimum atomic E-state index is -0.275. The lowest BCUT2D eigenvalue weighted by atomic mass is 10.0. The highest BCUT2D eigenvalue weighted by atomic mass is 19.1. The van der Waals surface area contributed by atoms with Crippen molar-refractivity contribution in [3.8, 4) is 0 Å². The van der Waals surface area contributed by atoms with Gasteiger partial charge in [-0.15, -0.1) is 0 Å². The first-order valence-electron chi connectivity index (χ1n) is 10.2. The number of anilines is 1. The first-order valence-corrected chi connectivity index (χ1v) is 10.2. The predicted molar refractivity (Wildman–Crippen MR) is 106 cm³/mol. The highest BCUT2D eigenvalue weighted by Crippen LogP contribution is 2.32. The summed E-state index contributed by atoms with van der Waals surface area (Å²) in [7, 11) is 0. The standard InChI is InChI=1S/C22H25FN4O/c23-17-4-1-15(2-5-17)11-22(28)26-10-9-20-16(14-26)3-8-21(25-20)27-18-6-7-19(27)13-24-12-18/h1-5,8,18-19,24H,6-7,9-14H2. The van der Waals surface area contributed by atoms with E-state index in [1.165, 1.54) is 25.0 Å². The Labute approximate surface area is 164 Å². The highest BCUT2D eigenvalue weighted by Gasteiger charge is 2.37. The largest absolute Gasteiger partial charge is 0.348 e. The number of aromatic nitrogens is 1. The first kappa shape index (κ1) is 17.6. The number of carbonyl (C=O) groups is 1. The fraction of sp³-hybridized carbons (Fsp3) is 0.455. The molecule has 6 heteroatoms. The van der Waals surface area contributed by atoms with Gasteiger partial charge in [-0.1, -0.05) is 18.2 Å². The summed E-state index contributed by atoms with van der Waals surface area (Å²) >= 11 is 0. The van der Waals surface area contributed by atoms with Gasteiger partial charge in [0.2, 0.25) is 5.91 Å². The summed E-state index contributed by atoms with van der Waals surface area (Å²) in [6, 6.07) is 11.6. The van der Waals surface area contributed by atoms with Crippen LogP contribution in [0, 0.1) is 5.82 Å². The van der Waals surface area contributed by atoms with E-state index in [1.807, 2.05) is 4.90 Å². The average Bonchev–Trinajstić information content (AvgIpc) is 2.97. The highest BCUT2D eigenvalue weighted by molar-refractivity contribution is 5.79. The van der Waals surface area contributed by atoms with Gasteiger partial charge in [0.25, 0.3) is 0 Å². The van der Waals surface area contributed by atoms with Gasteiger partial charge in [-0.25, -0.2) is 9.37 Å². The molecular formula is C22H25FN4O. The molecule has 2 saturated heterocycles. The molecule has 0 spiro atoms. The molecular weight excluding hydrogens is 355 g/mol. The number of nitrogens with zero attached hydrogens (tertiary/aromatic N) is 3. The van der Waals surface area contributed by atoms with Crippen LogP contribution < -0.4 is 10.2 Å². The molecule has 2 unspecified atom stereocenters. The lowest BCUT2D eigenvalue weighted by Crippen LogP contribution is -2.52. The van der Waals surface area contributed by atoms with E-state index < -0.39 is 0 Å². The van der Waals surface area contributed by atoms with E-state index in [4.69, 9.17) is 4.98 Å². The number of rotatable bonds is 3. The van der Waals surface area contributed by atoms with Crippen molar-refractivity contribution >= 4 is 11.7 Å². The third-order valence-electron chi connectivity index (χ3n) is 6.30.